The maximum atomic E-state index is 3.65. The van der Waals surface area contributed by atoms with Crippen molar-refractivity contribution in [2.75, 3.05) is 19.6 Å². The molecule has 2 rings (SSSR count). The second-order valence-corrected chi connectivity index (χ2v) is 8.52. The third kappa shape index (κ3) is 5.54. The van der Waals surface area contributed by atoms with Crippen LogP contribution in [0.3, 0.4) is 0 Å². The fourth-order valence-electron chi connectivity index (χ4n) is 2.57. The van der Waals surface area contributed by atoms with E-state index in [4.69, 9.17) is 0 Å². The van der Waals surface area contributed by atoms with Gasteiger partial charge in [0.05, 0.1) is 0 Å². The van der Waals surface area contributed by atoms with Gasteiger partial charge in [-0.3, -0.25) is 4.90 Å². The third-order valence-corrected chi connectivity index (χ3v) is 5.21. The highest BCUT2D eigenvalue weighted by molar-refractivity contribution is 9.10. The first kappa shape index (κ1) is 15.5. The molecule has 19 heavy (non-hydrogen) atoms. The Balaban J connectivity index is 1.80. The van der Waals surface area contributed by atoms with Gasteiger partial charge in [-0.2, -0.15) is 0 Å². The van der Waals surface area contributed by atoms with Gasteiger partial charge < -0.3 is 5.32 Å². The van der Waals surface area contributed by atoms with Crippen LogP contribution in [0.1, 0.15) is 38.5 Å². The minimum absolute atomic E-state index is 0.237. The first-order chi connectivity index (χ1) is 8.92. The van der Waals surface area contributed by atoms with E-state index in [9.17, 15) is 0 Å². The van der Waals surface area contributed by atoms with Crippen molar-refractivity contribution in [2.45, 2.75) is 45.7 Å². The van der Waals surface area contributed by atoms with Crippen LogP contribution < -0.4 is 5.32 Å². The molecule has 0 spiro atoms. The summed E-state index contributed by atoms with van der Waals surface area (Å²) in [6.45, 7) is 11.5. The minimum atomic E-state index is 0.237. The van der Waals surface area contributed by atoms with Gasteiger partial charge in [0.2, 0.25) is 0 Å². The lowest BCUT2D eigenvalue weighted by atomic mass is 9.96. The Labute approximate surface area is 129 Å². The van der Waals surface area contributed by atoms with Crippen molar-refractivity contribution in [2.24, 2.45) is 5.92 Å². The maximum absolute atomic E-state index is 3.65. The van der Waals surface area contributed by atoms with Crippen LogP contribution in [0.15, 0.2) is 15.9 Å². The van der Waals surface area contributed by atoms with E-state index < -0.39 is 0 Å². The Kier molecular flexibility index (Phi) is 5.46. The molecule has 1 N–H and O–H groups in total. The molecule has 1 saturated heterocycles. The molecule has 1 atom stereocenters. The minimum Gasteiger partial charge on any atom is -0.312 e. The zero-order chi connectivity index (χ0) is 13.9. The van der Waals surface area contributed by atoms with Gasteiger partial charge in [-0.1, -0.05) is 0 Å². The van der Waals surface area contributed by atoms with Crippen LogP contribution in [-0.4, -0.2) is 30.1 Å². The lowest BCUT2D eigenvalue weighted by molar-refractivity contribution is 0.161. The molecule has 2 nitrogen and oxygen atoms in total. The van der Waals surface area contributed by atoms with Crippen LogP contribution in [-0.2, 0) is 6.54 Å². The predicted molar refractivity (Wildman–Crippen MR) is 87.8 cm³/mol. The van der Waals surface area contributed by atoms with E-state index in [0.29, 0.717) is 0 Å². The average Bonchev–Trinajstić information content (AvgIpc) is 2.72. The van der Waals surface area contributed by atoms with E-state index in [1.54, 1.807) is 0 Å². The van der Waals surface area contributed by atoms with Crippen LogP contribution in [0, 0.1) is 5.92 Å². The second kappa shape index (κ2) is 6.70. The van der Waals surface area contributed by atoms with Gasteiger partial charge in [0, 0.05) is 33.4 Å². The molecule has 0 radical (unpaired) electrons. The Morgan fingerprint density at radius 1 is 1.47 bits per heavy atom. The number of piperidine rings is 1. The Bertz CT molecular complexity index is 397. The molecular formula is C15H25BrN2S. The third-order valence-electron chi connectivity index (χ3n) is 3.53. The van der Waals surface area contributed by atoms with Gasteiger partial charge in [-0.05, 0) is 74.6 Å². The van der Waals surface area contributed by atoms with E-state index in [0.717, 1.165) is 19.0 Å². The van der Waals surface area contributed by atoms with Crippen molar-refractivity contribution in [3.05, 3.63) is 20.8 Å². The fourth-order valence-corrected chi connectivity index (χ4v) is 4.06. The SMILES string of the molecule is CC(C)(C)NCC1CCCN(Cc2cc(Br)cs2)C1. The highest BCUT2D eigenvalue weighted by atomic mass is 79.9. The standard InChI is InChI=1S/C15H25BrN2S/c1-15(2,3)17-8-12-5-4-6-18(9-12)10-14-7-13(16)11-19-14/h7,11-12,17H,4-6,8-10H2,1-3H3. The van der Waals surface area contributed by atoms with Crippen LogP contribution in [0.2, 0.25) is 0 Å². The fraction of sp³-hybridized carbons (Fsp3) is 0.733. The summed E-state index contributed by atoms with van der Waals surface area (Å²) < 4.78 is 1.22. The molecule has 1 aliphatic heterocycles. The molecule has 0 aliphatic carbocycles. The summed E-state index contributed by atoms with van der Waals surface area (Å²) in [6.07, 6.45) is 2.71. The summed E-state index contributed by atoms with van der Waals surface area (Å²) in [5.41, 5.74) is 0.237. The highest BCUT2D eigenvalue weighted by Crippen LogP contribution is 2.24. The van der Waals surface area contributed by atoms with Crippen molar-refractivity contribution in [3.63, 3.8) is 0 Å². The molecule has 1 aromatic heterocycles. The normalized spacial score (nSPS) is 21.8. The summed E-state index contributed by atoms with van der Waals surface area (Å²) in [5.74, 6) is 0.802. The number of hydrogen-bond donors (Lipinski definition) is 1. The van der Waals surface area contributed by atoms with Gasteiger partial charge >= 0.3 is 0 Å². The van der Waals surface area contributed by atoms with E-state index in [1.165, 1.54) is 35.3 Å². The van der Waals surface area contributed by atoms with Crippen LogP contribution >= 0.6 is 27.3 Å². The monoisotopic (exact) mass is 344 g/mol. The molecule has 0 saturated carbocycles. The van der Waals surface area contributed by atoms with Gasteiger partial charge in [-0.15, -0.1) is 11.3 Å². The quantitative estimate of drug-likeness (QED) is 0.883. The predicted octanol–water partition coefficient (Wildman–Crippen LogP) is 4.11. The topological polar surface area (TPSA) is 15.3 Å². The van der Waals surface area contributed by atoms with Gasteiger partial charge in [0.25, 0.3) is 0 Å². The lowest BCUT2D eigenvalue weighted by Gasteiger charge is -2.34. The van der Waals surface area contributed by atoms with E-state index in [1.807, 2.05) is 11.3 Å². The summed E-state index contributed by atoms with van der Waals surface area (Å²) in [4.78, 5) is 4.08. The van der Waals surface area contributed by atoms with Crippen molar-refractivity contribution in [1.29, 1.82) is 0 Å². The van der Waals surface area contributed by atoms with Crippen molar-refractivity contribution in [3.8, 4) is 0 Å². The van der Waals surface area contributed by atoms with E-state index in [2.05, 4.69) is 58.4 Å². The number of hydrogen-bond acceptors (Lipinski definition) is 3. The molecule has 2 heterocycles. The van der Waals surface area contributed by atoms with Crippen molar-refractivity contribution < 1.29 is 0 Å². The van der Waals surface area contributed by atoms with Crippen LogP contribution in [0.5, 0.6) is 0 Å². The molecular weight excluding hydrogens is 320 g/mol. The summed E-state index contributed by atoms with van der Waals surface area (Å²) >= 11 is 5.40. The molecule has 1 aromatic rings. The number of rotatable bonds is 4. The zero-order valence-corrected chi connectivity index (χ0v) is 14.6. The largest absolute Gasteiger partial charge is 0.312 e. The number of nitrogens with zero attached hydrogens (tertiary/aromatic N) is 1. The molecule has 4 heteroatoms. The number of likely N-dealkylation sites (tertiary alicyclic amines) is 1. The molecule has 0 aromatic carbocycles. The average molecular weight is 345 g/mol. The number of thiophene rings is 1. The first-order valence-electron chi connectivity index (χ1n) is 7.13. The van der Waals surface area contributed by atoms with Crippen molar-refractivity contribution >= 4 is 27.3 Å². The van der Waals surface area contributed by atoms with Crippen molar-refractivity contribution in [1.82, 2.24) is 10.2 Å². The van der Waals surface area contributed by atoms with Gasteiger partial charge in [0.1, 0.15) is 0 Å². The number of halogens is 1. The molecule has 1 fully saturated rings. The van der Waals surface area contributed by atoms with Gasteiger partial charge in [0.15, 0.2) is 0 Å². The summed E-state index contributed by atoms with van der Waals surface area (Å²) in [7, 11) is 0. The second-order valence-electron chi connectivity index (χ2n) is 6.61. The molecule has 0 bridgehead atoms. The Hall–Kier alpha value is 0.1000. The summed E-state index contributed by atoms with van der Waals surface area (Å²) in [5, 5.41) is 5.83. The van der Waals surface area contributed by atoms with Crippen LogP contribution in [0.25, 0.3) is 0 Å². The van der Waals surface area contributed by atoms with Gasteiger partial charge in [-0.25, -0.2) is 0 Å². The van der Waals surface area contributed by atoms with Crippen LogP contribution in [0.4, 0.5) is 0 Å². The number of nitrogens with one attached hydrogen (secondary N) is 1. The zero-order valence-electron chi connectivity index (χ0n) is 12.2. The first-order valence-corrected chi connectivity index (χ1v) is 8.80. The highest BCUT2D eigenvalue weighted by Gasteiger charge is 2.21. The molecule has 1 aliphatic rings. The smallest absolute Gasteiger partial charge is 0.0328 e. The Morgan fingerprint density at radius 2 is 2.26 bits per heavy atom. The molecule has 0 amide bonds. The molecule has 1 unspecified atom stereocenters. The van der Waals surface area contributed by atoms with E-state index in [-0.39, 0.29) is 5.54 Å². The lowest BCUT2D eigenvalue weighted by Crippen LogP contribution is -2.44. The maximum Gasteiger partial charge on any atom is 0.0328 e. The Morgan fingerprint density at radius 3 is 2.89 bits per heavy atom. The van der Waals surface area contributed by atoms with E-state index >= 15 is 0 Å². The summed E-state index contributed by atoms with van der Waals surface area (Å²) in [6, 6.07) is 2.25. The molecule has 108 valence electrons.